The van der Waals surface area contributed by atoms with Gasteiger partial charge in [-0.1, -0.05) is 36.7 Å². The molecule has 2 aromatic carbocycles. The van der Waals surface area contributed by atoms with Gasteiger partial charge in [0.05, 0.1) is 49.9 Å². The smallest absolute Gasteiger partial charge is 0.355 e. The second-order valence-electron chi connectivity index (χ2n) is 9.04. The van der Waals surface area contributed by atoms with Crippen LogP contribution in [0.15, 0.2) is 59.4 Å². The normalized spacial score (nSPS) is 17.4. The minimum atomic E-state index is -1.88. The van der Waals surface area contributed by atoms with Crippen LogP contribution in [0.3, 0.4) is 0 Å². The number of benzene rings is 2. The van der Waals surface area contributed by atoms with Crippen LogP contribution in [0, 0.1) is 10.1 Å². The van der Waals surface area contributed by atoms with Crippen LogP contribution in [0.2, 0.25) is 5.02 Å². The maximum absolute atomic E-state index is 13.6. The predicted molar refractivity (Wildman–Crippen MR) is 136 cm³/mol. The molecule has 1 unspecified atom stereocenters. The lowest BCUT2D eigenvalue weighted by atomic mass is 9.85. The maximum atomic E-state index is 13.6. The molecular formula is C27H18ClN3O7. The van der Waals surface area contributed by atoms with Gasteiger partial charge in [-0.3, -0.25) is 14.9 Å². The van der Waals surface area contributed by atoms with E-state index in [4.69, 9.17) is 21.1 Å². The highest BCUT2D eigenvalue weighted by Gasteiger charge is 2.50. The molecule has 0 spiro atoms. The number of carbonyl (C=O) groups excluding carboxylic acids is 2. The quantitative estimate of drug-likeness (QED) is 0.188. The Balaban J connectivity index is 1.54. The molecule has 0 radical (unpaired) electrons. The van der Waals surface area contributed by atoms with E-state index in [-0.39, 0.29) is 47.0 Å². The molecule has 0 bridgehead atoms. The van der Waals surface area contributed by atoms with Gasteiger partial charge in [-0.15, -0.1) is 0 Å². The summed E-state index contributed by atoms with van der Waals surface area (Å²) in [5.74, 6) is -1.63. The number of non-ortho nitro benzene ring substituents is 1. The van der Waals surface area contributed by atoms with Crippen LogP contribution in [0.4, 0.5) is 5.69 Å². The van der Waals surface area contributed by atoms with Crippen molar-refractivity contribution >= 4 is 40.1 Å². The Bertz CT molecular complexity index is 1780. The van der Waals surface area contributed by atoms with Crippen LogP contribution >= 0.6 is 11.6 Å². The van der Waals surface area contributed by atoms with E-state index in [1.54, 1.807) is 43.3 Å². The molecule has 190 valence electrons. The zero-order chi connectivity index (χ0) is 26.8. The molecule has 1 atom stereocenters. The molecule has 38 heavy (non-hydrogen) atoms. The van der Waals surface area contributed by atoms with Crippen molar-refractivity contribution < 1.29 is 24.0 Å². The summed E-state index contributed by atoms with van der Waals surface area (Å²) in [6, 6.07) is 14.2. The van der Waals surface area contributed by atoms with Gasteiger partial charge in [0, 0.05) is 17.2 Å². The average molecular weight is 532 g/mol. The van der Waals surface area contributed by atoms with Crippen molar-refractivity contribution in [2.24, 2.45) is 0 Å². The van der Waals surface area contributed by atoms with Gasteiger partial charge in [-0.2, -0.15) is 0 Å². The molecule has 10 nitrogen and oxygen atoms in total. The molecule has 0 fully saturated rings. The number of esters is 2. The number of aromatic nitrogens is 2. The van der Waals surface area contributed by atoms with E-state index < -0.39 is 28.0 Å². The van der Waals surface area contributed by atoms with Crippen molar-refractivity contribution in [3.05, 3.63) is 102 Å². The number of rotatable bonds is 4. The molecule has 4 aromatic rings. The molecule has 6 rings (SSSR count). The van der Waals surface area contributed by atoms with E-state index in [0.29, 0.717) is 27.9 Å². The molecule has 0 N–H and O–H groups in total. The number of pyridine rings is 2. The summed E-state index contributed by atoms with van der Waals surface area (Å²) in [6.45, 7) is 1.51. The number of hydrogen-bond acceptors (Lipinski definition) is 8. The number of nitro benzene ring substituents is 1. The molecule has 0 saturated carbocycles. The van der Waals surface area contributed by atoms with E-state index in [1.807, 2.05) is 0 Å². The summed E-state index contributed by atoms with van der Waals surface area (Å²) in [6.07, 6.45) is 0.00210. The number of hydrogen-bond donors (Lipinski definition) is 0. The van der Waals surface area contributed by atoms with Crippen LogP contribution in [-0.2, 0) is 33.0 Å². The summed E-state index contributed by atoms with van der Waals surface area (Å²) in [5.41, 5.74) is -0.0258. The topological polar surface area (TPSA) is 131 Å². The first-order valence-corrected chi connectivity index (χ1v) is 12.1. The molecule has 2 aromatic heterocycles. The third kappa shape index (κ3) is 3.33. The van der Waals surface area contributed by atoms with Crippen molar-refractivity contribution in [1.29, 1.82) is 0 Å². The Kier molecular flexibility index (Phi) is 5.32. The summed E-state index contributed by atoms with van der Waals surface area (Å²) in [5, 5.41) is 12.0. The predicted octanol–water partition coefficient (Wildman–Crippen LogP) is 4.51. The fourth-order valence-electron chi connectivity index (χ4n) is 5.14. The lowest BCUT2D eigenvalue weighted by Crippen LogP contribution is -2.47. The van der Waals surface area contributed by atoms with Gasteiger partial charge in [-0.25, -0.2) is 14.6 Å². The molecule has 0 saturated heterocycles. The van der Waals surface area contributed by atoms with Gasteiger partial charge in [0.1, 0.15) is 6.61 Å². The zero-order valence-corrected chi connectivity index (χ0v) is 20.7. The van der Waals surface area contributed by atoms with E-state index >= 15 is 0 Å². The minimum Gasteiger partial charge on any atom is -0.457 e. The first-order valence-electron chi connectivity index (χ1n) is 11.7. The first-order chi connectivity index (χ1) is 18.2. The molecule has 2 aliphatic rings. The second-order valence-corrected chi connectivity index (χ2v) is 9.44. The summed E-state index contributed by atoms with van der Waals surface area (Å²) in [7, 11) is 0. The molecular weight excluding hydrogens is 514 g/mol. The monoisotopic (exact) mass is 531 g/mol. The SMILES string of the molecule is CCC1(OC(=O)c2ccccc2Cl)C(=O)OCc2c1cc1n(c2=O)Cc2cc3c([N+](=O)[O-])cccc3nc2-1. The summed E-state index contributed by atoms with van der Waals surface area (Å²) < 4.78 is 12.6. The Labute approximate surface area is 219 Å². The van der Waals surface area contributed by atoms with Gasteiger partial charge < -0.3 is 14.0 Å². The van der Waals surface area contributed by atoms with Gasteiger partial charge in [0.25, 0.3) is 11.2 Å². The second kappa shape index (κ2) is 8.49. The molecule has 11 heteroatoms. The zero-order valence-electron chi connectivity index (χ0n) is 19.9. The molecule has 0 aliphatic carbocycles. The highest BCUT2D eigenvalue weighted by molar-refractivity contribution is 6.33. The van der Waals surface area contributed by atoms with Crippen molar-refractivity contribution in [3.63, 3.8) is 0 Å². The lowest BCUT2D eigenvalue weighted by molar-refractivity contribution is -0.383. The largest absolute Gasteiger partial charge is 0.457 e. The number of halogens is 1. The highest BCUT2D eigenvalue weighted by atomic mass is 35.5. The van der Waals surface area contributed by atoms with Crippen LogP contribution < -0.4 is 5.56 Å². The Morgan fingerprint density at radius 2 is 2.00 bits per heavy atom. The van der Waals surface area contributed by atoms with Crippen molar-refractivity contribution in [3.8, 4) is 11.4 Å². The third-order valence-electron chi connectivity index (χ3n) is 7.05. The van der Waals surface area contributed by atoms with E-state index in [9.17, 15) is 24.5 Å². The van der Waals surface area contributed by atoms with Gasteiger partial charge in [0.15, 0.2) is 0 Å². The van der Waals surface area contributed by atoms with Gasteiger partial charge in [0.2, 0.25) is 5.60 Å². The van der Waals surface area contributed by atoms with E-state index in [2.05, 4.69) is 4.98 Å². The first kappa shape index (κ1) is 23.8. The van der Waals surface area contributed by atoms with Crippen LogP contribution in [0.5, 0.6) is 0 Å². The van der Waals surface area contributed by atoms with E-state index in [1.165, 1.54) is 22.8 Å². The van der Waals surface area contributed by atoms with Gasteiger partial charge in [-0.05, 0) is 36.8 Å². The summed E-state index contributed by atoms with van der Waals surface area (Å²) in [4.78, 5) is 55.6. The van der Waals surface area contributed by atoms with Crippen molar-refractivity contribution in [2.75, 3.05) is 0 Å². The molecule has 2 aliphatic heterocycles. The number of fused-ring (bicyclic) bond motifs is 5. The lowest BCUT2D eigenvalue weighted by Gasteiger charge is -2.35. The van der Waals surface area contributed by atoms with E-state index in [0.717, 1.165) is 0 Å². The number of cyclic esters (lactones) is 1. The standard InChI is InChI=1S/C27H18ClN3O7/c1-2-27(38-25(33)15-6-3-4-7-19(15)28)18-11-22-23-14(12-30(22)24(32)17(18)13-37-26(27)34)10-16-20(29-23)8-5-9-21(16)31(35)36/h3-11H,2,12-13H2,1H3. The van der Waals surface area contributed by atoms with Crippen LogP contribution in [-0.4, -0.2) is 26.4 Å². The fraction of sp³-hybridized carbons (Fsp3) is 0.185. The number of carbonyl (C=O) groups is 2. The average Bonchev–Trinajstić information content (AvgIpc) is 3.26. The van der Waals surface area contributed by atoms with Crippen LogP contribution in [0.25, 0.3) is 22.3 Å². The maximum Gasteiger partial charge on any atom is 0.355 e. The number of nitro groups is 1. The van der Waals surface area contributed by atoms with Crippen molar-refractivity contribution in [2.45, 2.75) is 32.1 Å². The number of ether oxygens (including phenoxy) is 2. The number of nitrogens with zero attached hydrogens (tertiary/aromatic N) is 3. The Hall–Kier alpha value is -4.57. The molecule has 4 heterocycles. The minimum absolute atomic E-state index is 0.00210. The third-order valence-corrected chi connectivity index (χ3v) is 7.38. The Morgan fingerprint density at radius 3 is 2.74 bits per heavy atom. The molecule has 0 amide bonds. The summed E-state index contributed by atoms with van der Waals surface area (Å²) >= 11 is 6.18. The fourth-order valence-corrected chi connectivity index (χ4v) is 5.36. The highest BCUT2D eigenvalue weighted by Crippen LogP contribution is 2.42. The van der Waals surface area contributed by atoms with Gasteiger partial charge >= 0.3 is 11.9 Å². The van der Waals surface area contributed by atoms with Crippen molar-refractivity contribution in [1.82, 2.24) is 9.55 Å². The Morgan fingerprint density at radius 1 is 1.21 bits per heavy atom. The van der Waals surface area contributed by atoms with Crippen LogP contribution in [0.1, 0.15) is 40.4 Å².